The second-order valence-electron chi connectivity index (χ2n) is 5.90. The summed E-state index contributed by atoms with van der Waals surface area (Å²) in [6.45, 7) is 2.76. The van der Waals surface area contributed by atoms with Crippen LogP contribution in [0.5, 0.6) is 0 Å². The van der Waals surface area contributed by atoms with Gasteiger partial charge in [-0.25, -0.2) is 4.79 Å². The van der Waals surface area contributed by atoms with Gasteiger partial charge in [-0.15, -0.1) is 0 Å². The molecule has 0 aromatic rings. The summed E-state index contributed by atoms with van der Waals surface area (Å²) in [4.78, 5) is 10.7. The van der Waals surface area contributed by atoms with Gasteiger partial charge in [0, 0.05) is 0 Å². The van der Waals surface area contributed by atoms with Crippen molar-refractivity contribution >= 4 is 6.16 Å². The van der Waals surface area contributed by atoms with E-state index in [0.29, 0.717) is 6.61 Å². The summed E-state index contributed by atoms with van der Waals surface area (Å²) in [5.41, 5.74) is 0. The summed E-state index contributed by atoms with van der Waals surface area (Å²) >= 11 is 0. The van der Waals surface area contributed by atoms with Crippen LogP contribution in [0.3, 0.4) is 0 Å². The fourth-order valence-electron chi connectivity index (χ4n) is 2.51. The molecule has 3 nitrogen and oxygen atoms in total. The maximum atomic E-state index is 10.7. The van der Waals surface area contributed by atoms with E-state index in [1.807, 2.05) is 0 Å². The summed E-state index contributed by atoms with van der Waals surface area (Å²) in [7, 11) is 1.34. The van der Waals surface area contributed by atoms with Crippen LogP contribution in [0, 0.1) is 0 Å². The van der Waals surface area contributed by atoms with E-state index >= 15 is 0 Å². The molecular formula is C18H36O3. The Hall–Kier alpha value is -0.730. The summed E-state index contributed by atoms with van der Waals surface area (Å²) in [6, 6.07) is 0. The van der Waals surface area contributed by atoms with E-state index in [-0.39, 0.29) is 0 Å². The molecule has 0 fully saturated rings. The first-order chi connectivity index (χ1) is 10.3. The van der Waals surface area contributed by atoms with Crippen molar-refractivity contribution in [3.8, 4) is 0 Å². The Labute approximate surface area is 131 Å². The number of ether oxygens (including phenoxy) is 2. The Morgan fingerprint density at radius 3 is 1.43 bits per heavy atom. The van der Waals surface area contributed by atoms with Gasteiger partial charge in [-0.2, -0.15) is 0 Å². The molecule has 0 N–H and O–H groups in total. The highest BCUT2D eigenvalue weighted by Crippen LogP contribution is 2.12. The second-order valence-corrected chi connectivity index (χ2v) is 5.90. The van der Waals surface area contributed by atoms with Crippen molar-refractivity contribution in [2.75, 3.05) is 13.7 Å². The predicted molar refractivity (Wildman–Crippen MR) is 88.7 cm³/mol. The standard InChI is InChI=1S/C18H36O3/c1-3-4-5-6-7-8-9-10-11-12-13-14-15-16-17-21-18(19)20-2/h3-17H2,1-2H3. The maximum absolute atomic E-state index is 10.7. The van der Waals surface area contributed by atoms with Crippen molar-refractivity contribution in [2.24, 2.45) is 0 Å². The summed E-state index contributed by atoms with van der Waals surface area (Å²) in [5.74, 6) is 0. The lowest BCUT2D eigenvalue weighted by molar-refractivity contribution is 0.0713. The van der Waals surface area contributed by atoms with Crippen LogP contribution in [0.4, 0.5) is 4.79 Å². The van der Waals surface area contributed by atoms with Crippen molar-refractivity contribution < 1.29 is 14.3 Å². The van der Waals surface area contributed by atoms with E-state index in [1.165, 1.54) is 84.2 Å². The van der Waals surface area contributed by atoms with Gasteiger partial charge in [-0.3, -0.25) is 0 Å². The van der Waals surface area contributed by atoms with Crippen LogP contribution < -0.4 is 0 Å². The fourth-order valence-corrected chi connectivity index (χ4v) is 2.51. The smallest absolute Gasteiger partial charge is 0.438 e. The third-order valence-electron chi connectivity index (χ3n) is 3.88. The first kappa shape index (κ1) is 20.3. The van der Waals surface area contributed by atoms with Crippen molar-refractivity contribution in [3.05, 3.63) is 0 Å². The van der Waals surface area contributed by atoms with Gasteiger partial charge in [0.15, 0.2) is 0 Å². The minimum atomic E-state index is -0.565. The number of unbranched alkanes of at least 4 members (excludes halogenated alkanes) is 13. The first-order valence-corrected chi connectivity index (χ1v) is 9.02. The van der Waals surface area contributed by atoms with Crippen molar-refractivity contribution in [1.82, 2.24) is 0 Å². The van der Waals surface area contributed by atoms with Crippen LogP contribution in [0.2, 0.25) is 0 Å². The molecule has 0 aliphatic carbocycles. The lowest BCUT2D eigenvalue weighted by Gasteiger charge is -2.04. The Morgan fingerprint density at radius 1 is 0.667 bits per heavy atom. The van der Waals surface area contributed by atoms with Crippen LogP contribution in [0.15, 0.2) is 0 Å². The molecule has 0 bridgehead atoms. The topological polar surface area (TPSA) is 35.5 Å². The van der Waals surface area contributed by atoms with E-state index in [0.717, 1.165) is 12.8 Å². The van der Waals surface area contributed by atoms with E-state index in [1.54, 1.807) is 0 Å². The van der Waals surface area contributed by atoms with E-state index < -0.39 is 6.16 Å². The monoisotopic (exact) mass is 300 g/mol. The SMILES string of the molecule is CCCCCCCCCCCCCCCCOC(=O)OC. The fraction of sp³-hybridized carbons (Fsp3) is 0.944. The minimum absolute atomic E-state index is 0.491. The Kier molecular flexibility index (Phi) is 16.7. The number of carbonyl (C=O) groups excluding carboxylic acids is 1. The largest absolute Gasteiger partial charge is 0.507 e. The molecule has 0 radical (unpaired) electrons. The summed E-state index contributed by atoms with van der Waals surface area (Å²) < 4.78 is 9.25. The third-order valence-corrected chi connectivity index (χ3v) is 3.88. The van der Waals surface area contributed by atoms with Crippen molar-refractivity contribution in [1.29, 1.82) is 0 Å². The van der Waals surface area contributed by atoms with Crippen LogP contribution in [0.1, 0.15) is 96.8 Å². The van der Waals surface area contributed by atoms with Gasteiger partial charge in [-0.1, -0.05) is 90.4 Å². The average molecular weight is 300 g/mol. The van der Waals surface area contributed by atoms with E-state index in [4.69, 9.17) is 4.74 Å². The zero-order chi connectivity index (χ0) is 15.6. The molecule has 0 aromatic carbocycles. The predicted octanol–water partition coefficient (Wildman–Crippen LogP) is 6.25. The Balaban J connectivity index is 2.98. The number of carbonyl (C=O) groups is 1. The Bertz CT molecular complexity index is 217. The molecule has 0 saturated carbocycles. The molecule has 3 heteroatoms. The lowest BCUT2D eigenvalue weighted by Crippen LogP contribution is -2.05. The normalized spacial score (nSPS) is 10.6. The summed E-state index contributed by atoms with van der Waals surface area (Å²) in [5, 5.41) is 0. The lowest BCUT2D eigenvalue weighted by atomic mass is 10.0. The van der Waals surface area contributed by atoms with Gasteiger partial charge < -0.3 is 9.47 Å². The highest BCUT2D eigenvalue weighted by atomic mass is 16.7. The number of hydrogen-bond acceptors (Lipinski definition) is 3. The Morgan fingerprint density at radius 2 is 1.05 bits per heavy atom. The molecule has 126 valence electrons. The van der Waals surface area contributed by atoms with Gasteiger partial charge in [0.2, 0.25) is 0 Å². The maximum Gasteiger partial charge on any atom is 0.507 e. The molecular weight excluding hydrogens is 264 g/mol. The summed E-state index contributed by atoms with van der Waals surface area (Å²) in [6.07, 6.45) is 18.1. The van der Waals surface area contributed by atoms with Gasteiger partial charge >= 0.3 is 6.16 Å². The van der Waals surface area contributed by atoms with Crippen LogP contribution in [-0.2, 0) is 9.47 Å². The molecule has 21 heavy (non-hydrogen) atoms. The zero-order valence-corrected chi connectivity index (χ0v) is 14.3. The van der Waals surface area contributed by atoms with Crippen LogP contribution in [-0.4, -0.2) is 19.9 Å². The van der Waals surface area contributed by atoms with Gasteiger partial charge in [0.25, 0.3) is 0 Å². The molecule has 0 saturated heterocycles. The minimum Gasteiger partial charge on any atom is -0.438 e. The number of rotatable bonds is 15. The van der Waals surface area contributed by atoms with Crippen LogP contribution in [0.25, 0.3) is 0 Å². The van der Waals surface area contributed by atoms with Gasteiger partial charge in [-0.05, 0) is 6.42 Å². The van der Waals surface area contributed by atoms with Crippen molar-refractivity contribution in [2.45, 2.75) is 96.8 Å². The zero-order valence-electron chi connectivity index (χ0n) is 14.3. The highest BCUT2D eigenvalue weighted by molar-refractivity contribution is 5.59. The van der Waals surface area contributed by atoms with Gasteiger partial charge in [0.1, 0.15) is 0 Å². The van der Waals surface area contributed by atoms with Gasteiger partial charge in [0.05, 0.1) is 13.7 Å². The number of hydrogen-bond donors (Lipinski definition) is 0. The molecule has 0 atom stereocenters. The molecule has 0 spiro atoms. The molecule has 0 amide bonds. The van der Waals surface area contributed by atoms with E-state index in [2.05, 4.69) is 11.7 Å². The number of methoxy groups -OCH3 is 1. The van der Waals surface area contributed by atoms with E-state index in [9.17, 15) is 4.79 Å². The molecule has 0 aliphatic rings. The molecule has 0 rings (SSSR count). The van der Waals surface area contributed by atoms with Crippen LogP contribution >= 0.6 is 0 Å². The quantitative estimate of drug-likeness (QED) is 0.265. The molecule has 0 aromatic heterocycles. The first-order valence-electron chi connectivity index (χ1n) is 9.02. The highest BCUT2D eigenvalue weighted by Gasteiger charge is 1.99. The molecule has 0 unspecified atom stereocenters. The third kappa shape index (κ3) is 17.2. The second kappa shape index (κ2) is 17.3. The average Bonchev–Trinajstić information content (AvgIpc) is 2.50. The molecule has 0 heterocycles. The van der Waals surface area contributed by atoms with Crippen molar-refractivity contribution in [3.63, 3.8) is 0 Å². The molecule has 0 aliphatic heterocycles.